The van der Waals surface area contributed by atoms with Gasteiger partial charge in [-0.3, -0.25) is 4.99 Å². The highest BCUT2D eigenvalue weighted by atomic mass is 14.8. The number of hydrogen-bond acceptors (Lipinski definition) is 1. The molecule has 14 heavy (non-hydrogen) atoms. The second kappa shape index (κ2) is 4.29. The first kappa shape index (κ1) is 13.4. The maximum Gasteiger partial charge on any atom is 0.0632 e. The molecule has 0 saturated carbocycles. The molecule has 0 bridgehead atoms. The largest absolute Gasteiger partial charge is 0.294 e. The van der Waals surface area contributed by atoms with Gasteiger partial charge in [-0.2, -0.15) is 0 Å². The molecule has 0 N–H and O–H groups in total. The quantitative estimate of drug-likeness (QED) is 0.470. The van der Waals surface area contributed by atoms with Crippen molar-refractivity contribution in [2.75, 3.05) is 0 Å². The van der Waals surface area contributed by atoms with Crippen LogP contribution in [-0.2, 0) is 0 Å². The van der Waals surface area contributed by atoms with Crippen LogP contribution < -0.4 is 0 Å². The van der Waals surface area contributed by atoms with Crippen molar-refractivity contribution in [2.24, 2.45) is 10.4 Å². The first-order chi connectivity index (χ1) is 6.20. The van der Waals surface area contributed by atoms with E-state index in [4.69, 9.17) is 0 Å². The molecule has 0 aliphatic carbocycles. The minimum absolute atomic E-state index is 0.0782. The summed E-state index contributed by atoms with van der Waals surface area (Å²) in [6, 6.07) is 0. The fourth-order valence-electron chi connectivity index (χ4n) is 1.46. The van der Waals surface area contributed by atoms with Gasteiger partial charge in [0.15, 0.2) is 0 Å². The lowest BCUT2D eigenvalue weighted by atomic mass is 9.68. The van der Waals surface area contributed by atoms with Crippen LogP contribution in [0.1, 0.15) is 54.9 Å². The molecule has 0 saturated heterocycles. The topological polar surface area (TPSA) is 12.4 Å². The van der Waals surface area contributed by atoms with Crippen molar-refractivity contribution in [1.82, 2.24) is 0 Å². The minimum Gasteiger partial charge on any atom is -0.294 e. The summed E-state index contributed by atoms with van der Waals surface area (Å²) in [6.45, 7) is 19.1. The Morgan fingerprint density at radius 2 is 1.57 bits per heavy atom. The summed E-state index contributed by atoms with van der Waals surface area (Å²) >= 11 is 0. The number of allylic oxidation sites excluding steroid dienone is 1. The van der Waals surface area contributed by atoms with Crippen LogP contribution in [0.2, 0.25) is 0 Å². The van der Waals surface area contributed by atoms with Gasteiger partial charge in [0.2, 0.25) is 0 Å². The average Bonchev–Trinajstić information content (AvgIpc) is 2.14. The number of nitrogens with zero attached hydrogens (tertiary/aromatic N) is 1. The zero-order valence-corrected chi connectivity index (χ0v) is 10.9. The molecule has 0 heterocycles. The molecule has 0 aromatic rings. The summed E-state index contributed by atoms with van der Waals surface area (Å²) in [7, 11) is 0. The number of rotatable bonds is 4. The van der Waals surface area contributed by atoms with E-state index in [-0.39, 0.29) is 11.0 Å². The Hall–Kier alpha value is -0.590. The third-order valence-electron chi connectivity index (χ3n) is 4.03. The molecule has 0 unspecified atom stereocenters. The van der Waals surface area contributed by atoms with Gasteiger partial charge in [-0.05, 0) is 40.8 Å². The van der Waals surface area contributed by atoms with E-state index in [1.807, 2.05) is 0 Å². The Labute approximate surface area is 89.3 Å². The van der Waals surface area contributed by atoms with Crippen LogP contribution in [0, 0.1) is 5.41 Å². The molecular formula is C13H25N. The maximum absolute atomic E-state index is 4.25. The number of hydrogen-bond donors (Lipinski definition) is 0. The lowest BCUT2D eigenvalue weighted by Crippen LogP contribution is -2.38. The van der Waals surface area contributed by atoms with Gasteiger partial charge in [0.25, 0.3) is 0 Å². The summed E-state index contributed by atoms with van der Waals surface area (Å²) in [5, 5.41) is 0. The lowest BCUT2D eigenvalue weighted by molar-refractivity contribution is 0.255. The van der Waals surface area contributed by atoms with E-state index in [1.165, 1.54) is 11.1 Å². The smallest absolute Gasteiger partial charge is 0.0632 e. The van der Waals surface area contributed by atoms with E-state index < -0.39 is 0 Å². The third-order valence-corrected chi connectivity index (χ3v) is 4.03. The van der Waals surface area contributed by atoms with E-state index >= 15 is 0 Å². The molecule has 0 atom stereocenters. The molecule has 0 fully saturated rings. The maximum atomic E-state index is 4.25. The molecule has 0 amide bonds. The second-order valence-electron chi connectivity index (χ2n) is 5.10. The van der Waals surface area contributed by atoms with Crippen LogP contribution in [0.4, 0.5) is 0 Å². The lowest BCUT2D eigenvalue weighted by Gasteiger charge is -2.40. The Kier molecular flexibility index (Phi) is 4.11. The monoisotopic (exact) mass is 195 g/mol. The van der Waals surface area contributed by atoms with Crippen molar-refractivity contribution in [1.29, 1.82) is 0 Å². The number of aliphatic imine (C=N–C) groups is 1. The summed E-state index contributed by atoms with van der Waals surface area (Å²) in [5.41, 5.74) is 2.88. The van der Waals surface area contributed by atoms with Crippen molar-refractivity contribution in [3.63, 3.8) is 0 Å². The van der Waals surface area contributed by atoms with Crippen molar-refractivity contribution in [2.45, 2.75) is 60.4 Å². The predicted octanol–water partition coefficient (Wildman–Crippen LogP) is 4.24. The van der Waals surface area contributed by atoms with Gasteiger partial charge >= 0.3 is 0 Å². The van der Waals surface area contributed by atoms with Gasteiger partial charge in [-0.1, -0.05) is 31.9 Å². The molecule has 0 aliphatic rings. The Morgan fingerprint density at radius 3 is 1.86 bits per heavy atom. The van der Waals surface area contributed by atoms with Gasteiger partial charge < -0.3 is 0 Å². The molecule has 1 nitrogen and oxygen atoms in total. The van der Waals surface area contributed by atoms with Gasteiger partial charge in [0, 0.05) is 5.41 Å². The van der Waals surface area contributed by atoms with E-state index in [0.717, 1.165) is 6.42 Å². The molecule has 1 heteroatoms. The fraction of sp³-hybridized carbons (Fsp3) is 0.769. The molecule has 0 spiro atoms. The SMILES string of the molecule is C=NC(C)(C)C(C)(C)/C(C)=C(\C)CC. The summed E-state index contributed by atoms with van der Waals surface area (Å²) in [5.74, 6) is 0. The van der Waals surface area contributed by atoms with E-state index in [2.05, 4.69) is 60.2 Å². The van der Waals surface area contributed by atoms with E-state index in [9.17, 15) is 0 Å². The minimum atomic E-state index is -0.104. The molecule has 82 valence electrons. The Morgan fingerprint density at radius 1 is 1.14 bits per heavy atom. The van der Waals surface area contributed by atoms with Crippen LogP contribution >= 0.6 is 0 Å². The average molecular weight is 195 g/mol. The standard InChI is InChI=1S/C13H25N/c1-9-10(2)11(3)12(4,5)13(6,7)14-8/h8-9H2,1-7H3/b11-10+. The predicted molar refractivity (Wildman–Crippen MR) is 66.1 cm³/mol. The van der Waals surface area contributed by atoms with Crippen LogP contribution in [-0.4, -0.2) is 12.3 Å². The molecule has 0 rings (SSSR count). The summed E-state index contributed by atoms with van der Waals surface area (Å²) in [6.07, 6.45) is 1.11. The first-order valence-electron chi connectivity index (χ1n) is 5.35. The van der Waals surface area contributed by atoms with E-state index in [0.29, 0.717) is 0 Å². The normalized spacial score (nSPS) is 15.1. The highest BCUT2D eigenvalue weighted by molar-refractivity contribution is 5.30. The van der Waals surface area contributed by atoms with Crippen molar-refractivity contribution in [3.8, 4) is 0 Å². The van der Waals surface area contributed by atoms with Crippen LogP contribution in [0.25, 0.3) is 0 Å². The fourth-order valence-corrected chi connectivity index (χ4v) is 1.46. The summed E-state index contributed by atoms with van der Waals surface area (Å²) in [4.78, 5) is 4.25. The van der Waals surface area contributed by atoms with Gasteiger partial charge in [-0.15, -0.1) is 0 Å². The van der Waals surface area contributed by atoms with Gasteiger partial charge in [0.1, 0.15) is 0 Å². The zero-order valence-electron chi connectivity index (χ0n) is 10.9. The molecule has 0 radical (unpaired) electrons. The Balaban J connectivity index is 5.26. The summed E-state index contributed by atoms with van der Waals surface area (Å²) < 4.78 is 0. The third kappa shape index (κ3) is 2.26. The van der Waals surface area contributed by atoms with Crippen LogP contribution in [0.15, 0.2) is 16.1 Å². The van der Waals surface area contributed by atoms with Crippen LogP contribution in [0.5, 0.6) is 0 Å². The van der Waals surface area contributed by atoms with Crippen molar-refractivity contribution < 1.29 is 0 Å². The molecule has 0 aliphatic heterocycles. The van der Waals surface area contributed by atoms with Gasteiger partial charge in [-0.25, -0.2) is 0 Å². The highest BCUT2D eigenvalue weighted by Gasteiger charge is 2.37. The second-order valence-corrected chi connectivity index (χ2v) is 5.10. The molecule has 0 aromatic carbocycles. The van der Waals surface area contributed by atoms with Crippen molar-refractivity contribution >= 4 is 6.72 Å². The van der Waals surface area contributed by atoms with Gasteiger partial charge in [0.05, 0.1) is 5.54 Å². The zero-order chi connectivity index (χ0) is 11.6. The first-order valence-corrected chi connectivity index (χ1v) is 5.35. The van der Waals surface area contributed by atoms with Crippen LogP contribution in [0.3, 0.4) is 0 Å². The molecule has 0 aromatic heterocycles. The highest BCUT2D eigenvalue weighted by Crippen LogP contribution is 2.41. The van der Waals surface area contributed by atoms with Crippen molar-refractivity contribution in [3.05, 3.63) is 11.1 Å². The Bertz CT molecular complexity index is 244. The van der Waals surface area contributed by atoms with E-state index in [1.54, 1.807) is 0 Å². The molecular weight excluding hydrogens is 170 g/mol.